The molecule has 3 unspecified atom stereocenters. The van der Waals surface area contributed by atoms with E-state index in [-0.39, 0.29) is 28.9 Å². The van der Waals surface area contributed by atoms with E-state index in [1.54, 1.807) is 6.07 Å². The lowest BCUT2D eigenvalue weighted by Gasteiger charge is -2.54. The number of fused-ring (bicyclic) bond motifs is 6. The van der Waals surface area contributed by atoms with E-state index in [2.05, 4.69) is 49.4 Å². The molecule has 48 heavy (non-hydrogen) atoms. The van der Waals surface area contributed by atoms with Crippen LogP contribution in [0.1, 0.15) is 86.5 Å². The molecule has 7 rings (SSSR count). The minimum absolute atomic E-state index is 0.150. The Morgan fingerprint density at radius 2 is 1.65 bits per heavy atom. The summed E-state index contributed by atoms with van der Waals surface area (Å²) in [6.45, 7) is 3.47. The molecule has 0 aromatic heterocycles. The van der Waals surface area contributed by atoms with Gasteiger partial charge < -0.3 is 15.1 Å². The second kappa shape index (κ2) is 14.0. The van der Waals surface area contributed by atoms with Crippen LogP contribution in [-0.2, 0) is 24.2 Å². The van der Waals surface area contributed by atoms with Crippen molar-refractivity contribution in [2.75, 3.05) is 6.54 Å². The van der Waals surface area contributed by atoms with Crippen LogP contribution in [0.5, 0.6) is 5.75 Å². The second-order valence-corrected chi connectivity index (χ2v) is 15.2. The molecule has 0 bridgehead atoms. The van der Waals surface area contributed by atoms with Gasteiger partial charge in [-0.15, -0.1) is 0 Å². The summed E-state index contributed by atoms with van der Waals surface area (Å²) in [5.41, 5.74) is 4.02. The predicted molar refractivity (Wildman–Crippen MR) is 190 cm³/mol. The highest BCUT2D eigenvalue weighted by molar-refractivity contribution is 5.85. The fraction of sp³-hybridized carbons (Fsp3) is 0.465. The number of halogens is 1. The number of amides is 1. The Kier molecular flexibility index (Phi) is 9.60. The van der Waals surface area contributed by atoms with Crippen LogP contribution in [0.25, 0.3) is 10.8 Å². The molecule has 0 aliphatic heterocycles. The molecule has 2 N–H and O–H groups in total. The maximum Gasteiger partial charge on any atom is 0.227 e. The summed E-state index contributed by atoms with van der Waals surface area (Å²) in [6, 6.07) is 30.4. The van der Waals surface area contributed by atoms with Gasteiger partial charge >= 0.3 is 0 Å². The van der Waals surface area contributed by atoms with Gasteiger partial charge in [0.25, 0.3) is 0 Å². The number of aliphatic hydroxyl groups is 1. The lowest BCUT2D eigenvalue weighted by molar-refractivity contribution is -0.131. The number of carbonyl (C=O) groups excluding carboxylic acids is 1. The topological polar surface area (TPSA) is 60.8 Å². The molecule has 3 aliphatic carbocycles. The number of hydrogen-bond donors (Lipinski definition) is 2. The van der Waals surface area contributed by atoms with Gasteiger partial charge in [-0.25, -0.2) is 4.39 Å². The van der Waals surface area contributed by atoms with Crippen molar-refractivity contribution in [2.45, 2.75) is 95.9 Å². The summed E-state index contributed by atoms with van der Waals surface area (Å²) >= 11 is 0. The number of alkyl halides is 1. The zero-order chi connectivity index (χ0) is 33.3. The summed E-state index contributed by atoms with van der Waals surface area (Å²) in [5, 5.41) is 23.6. The van der Waals surface area contributed by atoms with Crippen LogP contribution >= 0.6 is 0 Å². The van der Waals surface area contributed by atoms with Crippen molar-refractivity contribution in [3.8, 4) is 5.75 Å². The largest absolute Gasteiger partial charge is 0.508 e. The van der Waals surface area contributed by atoms with Crippen molar-refractivity contribution in [1.29, 1.82) is 0 Å². The molecule has 0 spiro atoms. The molecule has 7 atom stereocenters. The molecular formula is C43H50FNO3. The monoisotopic (exact) mass is 647 g/mol. The third-order valence-corrected chi connectivity index (χ3v) is 12.3. The summed E-state index contributed by atoms with van der Waals surface area (Å²) in [4.78, 5) is 15.7. The van der Waals surface area contributed by atoms with Crippen LogP contribution in [0.2, 0.25) is 0 Å². The van der Waals surface area contributed by atoms with Crippen LogP contribution in [0.3, 0.4) is 0 Å². The van der Waals surface area contributed by atoms with Crippen molar-refractivity contribution in [2.24, 2.45) is 23.2 Å². The zero-order valence-corrected chi connectivity index (χ0v) is 28.2. The number of carbonyl (C=O) groups is 1. The first-order chi connectivity index (χ1) is 23.3. The average molecular weight is 648 g/mol. The van der Waals surface area contributed by atoms with Crippen LogP contribution in [0, 0.1) is 23.2 Å². The lowest BCUT2D eigenvalue weighted by atomic mass is 9.51. The Morgan fingerprint density at radius 1 is 0.875 bits per heavy atom. The van der Waals surface area contributed by atoms with Crippen molar-refractivity contribution < 1.29 is 19.4 Å². The van der Waals surface area contributed by atoms with Crippen molar-refractivity contribution in [1.82, 2.24) is 4.90 Å². The first-order valence-electron chi connectivity index (χ1n) is 18.2. The summed E-state index contributed by atoms with van der Waals surface area (Å²) in [5.74, 6) is 1.16. The maximum absolute atomic E-state index is 16.1. The van der Waals surface area contributed by atoms with Crippen molar-refractivity contribution in [3.63, 3.8) is 0 Å². The molecule has 1 amide bonds. The first-order valence-corrected chi connectivity index (χ1v) is 18.2. The molecule has 252 valence electrons. The minimum atomic E-state index is -0.974. The van der Waals surface area contributed by atoms with E-state index in [1.807, 2.05) is 47.4 Å². The Hall–Kier alpha value is -3.70. The van der Waals surface area contributed by atoms with Crippen molar-refractivity contribution >= 4 is 16.7 Å². The fourth-order valence-electron chi connectivity index (χ4n) is 9.83. The van der Waals surface area contributed by atoms with Crippen molar-refractivity contribution in [3.05, 3.63) is 113 Å². The quantitative estimate of drug-likeness (QED) is 0.160. The number of phenols is 1. The highest BCUT2D eigenvalue weighted by Gasteiger charge is 2.59. The van der Waals surface area contributed by atoms with E-state index >= 15 is 4.39 Å². The first kappa shape index (κ1) is 32.8. The molecule has 0 heterocycles. The third kappa shape index (κ3) is 6.63. The van der Waals surface area contributed by atoms with Gasteiger partial charge in [-0.3, -0.25) is 4.79 Å². The Morgan fingerprint density at radius 3 is 2.48 bits per heavy atom. The number of rotatable bonds is 11. The van der Waals surface area contributed by atoms with Crippen LogP contribution < -0.4 is 0 Å². The van der Waals surface area contributed by atoms with E-state index in [0.29, 0.717) is 31.2 Å². The van der Waals surface area contributed by atoms with Gasteiger partial charge in [-0.1, -0.05) is 105 Å². The van der Waals surface area contributed by atoms with E-state index in [1.165, 1.54) is 5.39 Å². The van der Waals surface area contributed by atoms with E-state index in [9.17, 15) is 15.0 Å². The molecule has 4 aromatic carbocycles. The predicted octanol–water partition coefficient (Wildman–Crippen LogP) is 9.16. The van der Waals surface area contributed by atoms with E-state index in [4.69, 9.17) is 0 Å². The van der Waals surface area contributed by atoms with Gasteiger partial charge in [0.15, 0.2) is 0 Å². The summed E-state index contributed by atoms with van der Waals surface area (Å²) in [7, 11) is 0. The van der Waals surface area contributed by atoms with Gasteiger partial charge in [0.1, 0.15) is 11.9 Å². The Bertz CT molecular complexity index is 1720. The Balaban J connectivity index is 0.983. The number of benzene rings is 4. The molecule has 4 aromatic rings. The zero-order valence-electron chi connectivity index (χ0n) is 28.2. The van der Waals surface area contributed by atoms with Gasteiger partial charge in [-0.2, -0.15) is 0 Å². The number of aliphatic hydroxyl groups excluding tert-OH is 1. The Labute approximate surface area is 285 Å². The molecular weight excluding hydrogens is 597 g/mol. The second-order valence-electron chi connectivity index (χ2n) is 15.2. The number of unbranched alkanes of at least 4 members (excludes halogenated alkanes) is 3. The molecule has 0 saturated heterocycles. The lowest BCUT2D eigenvalue weighted by Crippen LogP contribution is -2.51. The van der Waals surface area contributed by atoms with Crippen LogP contribution in [0.15, 0.2) is 91.0 Å². The number of aromatic hydroxyl groups is 1. The van der Waals surface area contributed by atoms with Crippen LogP contribution in [-0.4, -0.2) is 39.8 Å². The highest BCUT2D eigenvalue weighted by atomic mass is 19.1. The molecule has 5 heteroatoms. The summed E-state index contributed by atoms with van der Waals surface area (Å²) in [6.07, 6.45) is 7.18. The minimum Gasteiger partial charge on any atom is -0.508 e. The van der Waals surface area contributed by atoms with Crippen LogP contribution in [0.4, 0.5) is 4.39 Å². The standard InChI is InChI=1S/C43H50FNO3/c1-43-27-38(44)42-36-19-18-35(46)26-34(36)25-33(41(42)37(43)20-21-39(43)47)15-7-2-3-10-22-45(28-29-11-5-4-6-12-29)40(48)24-30-16-17-31-13-8-9-14-32(31)23-30/h4-6,8-9,11-14,16-19,23,26,33,37-39,41-42,46-47H,2-3,7,10,15,20-22,24-25,27-28H2,1H3/t33-,37?,38+,39+,41?,42?,43+/m1/s1. The number of hydrogen-bond acceptors (Lipinski definition) is 3. The molecule has 2 saturated carbocycles. The SMILES string of the molecule is C[C@]12C[C@H](F)C3c4ccc(O)cc4C[C@@H](CCCCCCN(Cc4ccccc4)C(=O)Cc4ccc5ccccc5c4)C3C1CC[C@@H]2O. The fourth-order valence-corrected chi connectivity index (χ4v) is 9.83. The van der Waals surface area contributed by atoms with E-state index in [0.717, 1.165) is 85.6 Å². The van der Waals surface area contributed by atoms with Gasteiger partial charge in [0.05, 0.1) is 12.5 Å². The number of nitrogens with zero attached hydrogens (tertiary/aromatic N) is 1. The van der Waals surface area contributed by atoms with E-state index < -0.39 is 12.3 Å². The van der Waals surface area contributed by atoms with Gasteiger partial charge in [-0.05, 0) is 107 Å². The van der Waals surface area contributed by atoms with Gasteiger partial charge in [0, 0.05) is 19.0 Å². The molecule has 4 nitrogen and oxygen atoms in total. The number of phenolic OH excluding ortho intramolecular Hbond substituents is 1. The summed E-state index contributed by atoms with van der Waals surface area (Å²) < 4.78 is 16.1. The maximum atomic E-state index is 16.1. The third-order valence-electron chi connectivity index (χ3n) is 12.3. The highest BCUT2D eigenvalue weighted by Crippen LogP contribution is 2.63. The molecule has 0 radical (unpaired) electrons. The molecule has 2 fully saturated rings. The average Bonchev–Trinajstić information content (AvgIpc) is 3.38. The normalized spacial score (nSPS) is 27.6. The molecule has 3 aliphatic rings. The van der Waals surface area contributed by atoms with Gasteiger partial charge in [0.2, 0.25) is 5.91 Å². The smallest absolute Gasteiger partial charge is 0.227 e.